The Labute approximate surface area is 172 Å². The van der Waals surface area contributed by atoms with Crippen LogP contribution >= 0.6 is 0 Å². The minimum Gasteiger partial charge on any atom is -0.508 e. The number of amides is 3. The van der Waals surface area contributed by atoms with Gasteiger partial charge in [-0.25, -0.2) is 4.79 Å². The highest BCUT2D eigenvalue weighted by molar-refractivity contribution is 5.92. The van der Waals surface area contributed by atoms with Crippen molar-refractivity contribution in [2.75, 3.05) is 13.2 Å². The predicted octanol–water partition coefficient (Wildman–Crippen LogP) is -3.19. The first kappa shape index (κ1) is 24.8. The number of hydrogen-bond acceptors (Lipinski definition) is 8. The smallest absolute Gasteiger partial charge is 0.328 e. The summed E-state index contributed by atoms with van der Waals surface area (Å²) in [4.78, 5) is 47.3. The van der Waals surface area contributed by atoms with Crippen LogP contribution in [0.5, 0.6) is 5.75 Å². The molecule has 3 amide bonds. The molecular formula is C18H26N4O8. The fourth-order valence-electron chi connectivity index (χ4n) is 2.29. The first-order valence-corrected chi connectivity index (χ1v) is 8.97. The molecule has 0 unspecified atom stereocenters. The molecule has 0 saturated carbocycles. The number of aliphatic hydroxyl groups is 2. The fraction of sp³-hybridized carbons (Fsp3) is 0.444. The Bertz CT molecular complexity index is 753. The summed E-state index contributed by atoms with van der Waals surface area (Å²) in [7, 11) is 0. The van der Waals surface area contributed by atoms with E-state index in [2.05, 4.69) is 10.6 Å². The summed E-state index contributed by atoms with van der Waals surface area (Å²) in [5.41, 5.74) is 6.15. The maximum atomic E-state index is 12.5. The summed E-state index contributed by atoms with van der Waals surface area (Å²) in [5, 5.41) is 43.2. The Morgan fingerprint density at radius 1 is 1.03 bits per heavy atom. The van der Waals surface area contributed by atoms with Crippen LogP contribution in [0, 0.1) is 0 Å². The van der Waals surface area contributed by atoms with Gasteiger partial charge < -0.3 is 42.1 Å². The highest BCUT2D eigenvalue weighted by atomic mass is 16.4. The second kappa shape index (κ2) is 11.7. The van der Waals surface area contributed by atoms with E-state index in [4.69, 9.17) is 15.9 Å². The summed E-state index contributed by atoms with van der Waals surface area (Å²) in [6.07, 6.45) is -1.18. The lowest BCUT2D eigenvalue weighted by Gasteiger charge is -2.22. The van der Waals surface area contributed by atoms with E-state index in [1.165, 1.54) is 31.2 Å². The zero-order valence-electron chi connectivity index (χ0n) is 16.2. The van der Waals surface area contributed by atoms with Gasteiger partial charge in [0, 0.05) is 6.42 Å². The van der Waals surface area contributed by atoms with Crippen LogP contribution < -0.4 is 21.7 Å². The van der Waals surface area contributed by atoms with Gasteiger partial charge in [0.15, 0.2) is 0 Å². The van der Waals surface area contributed by atoms with E-state index in [1.54, 1.807) is 0 Å². The molecular weight excluding hydrogens is 400 g/mol. The lowest BCUT2D eigenvalue weighted by molar-refractivity contribution is -0.142. The van der Waals surface area contributed by atoms with Crippen molar-refractivity contribution in [2.45, 2.75) is 37.6 Å². The number of nitrogens with one attached hydrogen (secondary N) is 3. The van der Waals surface area contributed by atoms with Crippen molar-refractivity contribution in [3.05, 3.63) is 29.8 Å². The van der Waals surface area contributed by atoms with Gasteiger partial charge in [-0.2, -0.15) is 0 Å². The summed E-state index contributed by atoms with van der Waals surface area (Å²) < 4.78 is 0. The average Bonchev–Trinajstić information content (AvgIpc) is 2.70. The van der Waals surface area contributed by atoms with Crippen molar-refractivity contribution in [3.63, 3.8) is 0 Å². The monoisotopic (exact) mass is 426 g/mol. The minimum atomic E-state index is -1.52. The van der Waals surface area contributed by atoms with Crippen LogP contribution in [0.25, 0.3) is 0 Å². The zero-order valence-corrected chi connectivity index (χ0v) is 16.2. The molecule has 1 aromatic carbocycles. The molecule has 0 radical (unpaired) electrons. The standard InChI is InChI=1S/C18H26N4O8/c1-9(24)15(19)17(28)22-12(6-10-2-4-11(25)5-3-10)16(27)20-7-14(26)21-13(8-23)18(29)30/h2-5,9,12-13,15,23-25H,6-8,19H2,1H3,(H,20,27)(H,21,26)(H,22,28)(H,29,30)/t9-,12+,13+,15+/m1/s1. The molecule has 0 spiro atoms. The van der Waals surface area contributed by atoms with Crippen LogP contribution in [0.2, 0.25) is 0 Å². The lowest BCUT2D eigenvalue weighted by atomic mass is 10.0. The molecule has 0 saturated heterocycles. The van der Waals surface area contributed by atoms with Crippen LogP contribution in [0.15, 0.2) is 24.3 Å². The summed E-state index contributed by atoms with van der Waals surface area (Å²) in [5.74, 6) is -3.85. The van der Waals surface area contributed by atoms with Crippen molar-refractivity contribution < 1.29 is 39.6 Å². The Kier molecular flexibility index (Phi) is 9.68. The highest BCUT2D eigenvalue weighted by Crippen LogP contribution is 2.11. The van der Waals surface area contributed by atoms with Gasteiger partial charge in [0.25, 0.3) is 0 Å². The van der Waals surface area contributed by atoms with Crippen LogP contribution in [0.1, 0.15) is 12.5 Å². The number of phenolic OH excluding ortho intramolecular Hbond substituents is 1. The number of rotatable bonds is 11. The molecule has 0 fully saturated rings. The van der Waals surface area contributed by atoms with Crippen LogP contribution in [0.3, 0.4) is 0 Å². The largest absolute Gasteiger partial charge is 0.508 e. The van der Waals surface area contributed by atoms with Gasteiger partial charge in [0.1, 0.15) is 23.9 Å². The molecule has 0 aromatic heterocycles. The molecule has 1 rings (SSSR count). The quantitative estimate of drug-likeness (QED) is 0.179. The molecule has 0 aliphatic heterocycles. The number of benzene rings is 1. The second-order valence-electron chi connectivity index (χ2n) is 6.56. The molecule has 166 valence electrons. The van der Waals surface area contributed by atoms with Gasteiger partial charge in [0.2, 0.25) is 17.7 Å². The SMILES string of the molecule is C[C@@H](O)[C@H](N)C(=O)N[C@@H](Cc1ccc(O)cc1)C(=O)NCC(=O)N[C@@H](CO)C(=O)O. The van der Waals surface area contributed by atoms with Crippen molar-refractivity contribution in [3.8, 4) is 5.75 Å². The Morgan fingerprint density at radius 3 is 2.13 bits per heavy atom. The minimum absolute atomic E-state index is 0.00783. The van der Waals surface area contributed by atoms with E-state index >= 15 is 0 Å². The Balaban J connectivity index is 2.82. The Hall–Kier alpha value is -3.22. The summed E-state index contributed by atoms with van der Waals surface area (Å²) >= 11 is 0. The van der Waals surface area contributed by atoms with E-state index in [1.807, 2.05) is 5.32 Å². The third-order valence-corrected chi connectivity index (χ3v) is 4.07. The number of nitrogens with two attached hydrogens (primary N) is 1. The van der Waals surface area contributed by atoms with Gasteiger partial charge >= 0.3 is 5.97 Å². The fourth-order valence-corrected chi connectivity index (χ4v) is 2.29. The van der Waals surface area contributed by atoms with Gasteiger partial charge in [-0.1, -0.05) is 12.1 Å². The maximum Gasteiger partial charge on any atom is 0.328 e. The topological polar surface area (TPSA) is 211 Å². The third-order valence-electron chi connectivity index (χ3n) is 4.07. The van der Waals surface area contributed by atoms with Crippen molar-refractivity contribution >= 4 is 23.7 Å². The van der Waals surface area contributed by atoms with Crippen molar-refractivity contribution in [1.82, 2.24) is 16.0 Å². The number of hydrogen-bond donors (Lipinski definition) is 8. The van der Waals surface area contributed by atoms with E-state index in [0.717, 1.165) is 0 Å². The number of aliphatic carboxylic acids is 1. The van der Waals surface area contributed by atoms with Gasteiger partial charge in [-0.15, -0.1) is 0 Å². The van der Waals surface area contributed by atoms with E-state index in [-0.39, 0.29) is 12.2 Å². The van der Waals surface area contributed by atoms with Crippen LogP contribution in [0.4, 0.5) is 0 Å². The average molecular weight is 426 g/mol. The predicted molar refractivity (Wildman–Crippen MR) is 103 cm³/mol. The van der Waals surface area contributed by atoms with Gasteiger partial charge in [-0.05, 0) is 24.6 Å². The van der Waals surface area contributed by atoms with Gasteiger partial charge in [-0.3, -0.25) is 14.4 Å². The molecule has 9 N–H and O–H groups in total. The molecule has 0 bridgehead atoms. The van der Waals surface area contributed by atoms with Crippen LogP contribution in [-0.4, -0.2) is 81.5 Å². The molecule has 4 atom stereocenters. The Morgan fingerprint density at radius 2 is 1.63 bits per heavy atom. The molecule has 0 heterocycles. The van der Waals surface area contributed by atoms with E-state index in [0.29, 0.717) is 5.56 Å². The first-order valence-electron chi connectivity index (χ1n) is 8.97. The summed E-state index contributed by atoms with van der Waals surface area (Å²) in [6, 6.07) is 1.86. The molecule has 0 aliphatic carbocycles. The highest BCUT2D eigenvalue weighted by Gasteiger charge is 2.27. The van der Waals surface area contributed by atoms with E-state index in [9.17, 15) is 29.4 Å². The number of carbonyl (C=O) groups excluding carboxylic acids is 3. The zero-order chi connectivity index (χ0) is 22.8. The molecule has 1 aromatic rings. The number of carboxylic acids is 1. The second-order valence-corrected chi connectivity index (χ2v) is 6.56. The van der Waals surface area contributed by atoms with E-state index < -0.39 is 61.1 Å². The molecule has 0 aliphatic rings. The number of carbonyl (C=O) groups is 4. The number of aromatic hydroxyl groups is 1. The maximum absolute atomic E-state index is 12.5. The first-order chi connectivity index (χ1) is 14.0. The molecule has 12 heteroatoms. The number of phenols is 1. The van der Waals surface area contributed by atoms with Crippen molar-refractivity contribution in [2.24, 2.45) is 5.73 Å². The normalized spacial score (nSPS) is 14.7. The lowest BCUT2D eigenvalue weighted by Crippen LogP contribution is -2.56. The summed E-state index contributed by atoms with van der Waals surface area (Å²) in [6.45, 7) is -0.123. The third kappa shape index (κ3) is 8.03. The van der Waals surface area contributed by atoms with Crippen LogP contribution in [-0.2, 0) is 25.6 Å². The molecule has 30 heavy (non-hydrogen) atoms. The number of aliphatic hydroxyl groups excluding tert-OH is 2. The van der Waals surface area contributed by atoms with Gasteiger partial charge in [0.05, 0.1) is 19.3 Å². The molecule has 12 nitrogen and oxygen atoms in total. The number of carboxylic acid groups (broad SMARTS) is 1. The van der Waals surface area contributed by atoms with Crippen molar-refractivity contribution in [1.29, 1.82) is 0 Å².